The van der Waals surface area contributed by atoms with Crippen LogP contribution in [0.25, 0.3) is 0 Å². The van der Waals surface area contributed by atoms with E-state index < -0.39 is 6.04 Å². The standard InChI is InChI=1S/C23H31N3O2S/c1-5-11-19(18-12-7-6-8-13-18)25-23(28)17(2)26(3)16-22(27)24-20-14-9-10-15-21(20)29-4/h6-10,12-15,17,19H,5,11,16H2,1-4H3,(H,24,27)(H,25,28). The van der Waals surface area contributed by atoms with Gasteiger partial charge >= 0.3 is 0 Å². The van der Waals surface area contributed by atoms with E-state index in [1.165, 1.54) is 0 Å². The molecular weight excluding hydrogens is 382 g/mol. The summed E-state index contributed by atoms with van der Waals surface area (Å²) >= 11 is 1.58. The maximum Gasteiger partial charge on any atom is 0.238 e. The molecule has 0 bridgehead atoms. The van der Waals surface area contributed by atoms with Crippen molar-refractivity contribution < 1.29 is 9.59 Å². The smallest absolute Gasteiger partial charge is 0.238 e. The fourth-order valence-corrected chi connectivity index (χ4v) is 3.64. The van der Waals surface area contributed by atoms with Gasteiger partial charge in [0.15, 0.2) is 0 Å². The van der Waals surface area contributed by atoms with E-state index in [1.807, 2.05) is 67.8 Å². The minimum Gasteiger partial charge on any atom is -0.348 e. The zero-order valence-electron chi connectivity index (χ0n) is 17.6. The lowest BCUT2D eigenvalue weighted by Crippen LogP contribution is -2.46. The molecule has 2 aromatic rings. The third-order valence-electron chi connectivity index (χ3n) is 4.91. The number of para-hydroxylation sites is 1. The molecule has 0 saturated heterocycles. The molecule has 2 rings (SSSR count). The molecule has 0 aliphatic rings. The molecule has 2 atom stereocenters. The maximum absolute atomic E-state index is 12.8. The molecule has 0 heterocycles. The topological polar surface area (TPSA) is 61.4 Å². The summed E-state index contributed by atoms with van der Waals surface area (Å²) in [5, 5.41) is 6.08. The van der Waals surface area contributed by atoms with E-state index in [1.54, 1.807) is 23.7 Å². The fourth-order valence-electron chi connectivity index (χ4n) is 3.09. The third kappa shape index (κ3) is 6.91. The lowest BCUT2D eigenvalue weighted by atomic mass is 10.0. The van der Waals surface area contributed by atoms with Gasteiger partial charge in [-0.3, -0.25) is 14.5 Å². The first kappa shape index (κ1) is 23.0. The Morgan fingerprint density at radius 1 is 1.07 bits per heavy atom. The highest BCUT2D eigenvalue weighted by atomic mass is 32.2. The molecule has 0 spiro atoms. The van der Waals surface area contributed by atoms with Gasteiger partial charge in [-0.1, -0.05) is 55.8 Å². The van der Waals surface area contributed by atoms with E-state index in [2.05, 4.69) is 17.6 Å². The second kappa shape index (κ2) is 11.6. The molecule has 5 nitrogen and oxygen atoms in total. The molecule has 0 fully saturated rings. The maximum atomic E-state index is 12.8. The number of rotatable bonds is 10. The zero-order chi connectivity index (χ0) is 21.2. The summed E-state index contributed by atoms with van der Waals surface area (Å²) in [6, 6.07) is 17.3. The first-order valence-electron chi connectivity index (χ1n) is 9.94. The molecule has 2 aromatic carbocycles. The average molecular weight is 414 g/mol. The molecule has 0 aliphatic carbocycles. The predicted octanol–water partition coefficient (Wildman–Crippen LogP) is 4.32. The number of hydrogen-bond acceptors (Lipinski definition) is 4. The molecule has 2 N–H and O–H groups in total. The van der Waals surface area contributed by atoms with Crippen molar-refractivity contribution in [1.29, 1.82) is 0 Å². The predicted molar refractivity (Wildman–Crippen MR) is 121 cm³/mol. The Bertz CT molecular complexity index is 798. The second-order valence-electron chi connectivity index (χ2n) is 7.10. The van der Waals surface area contributed by atoms with Crippen molar-refractivity contribution in [2.45, 2.75) is 43.7 Å². The van der Waals surface area contributed by atoms with Crippen LogP contribution < -0.4 is 10.6 Å². The number of anilines is 1. The van der Waals surface area contributed by atoms with Crippen LogP contribution in [0.4, 0.5) is 5.69 Å². The second-order valence-corrected chi connectivity index (χ2v) is 7.95. The Labute approximate surface area is 178 Å². The Morgan fingerprint density at radius 2 is 1.72 bits per heavy atom. The lowest BCUT2D eigenvalue weighted by Gasteiger charge is -2.26. The summed E-state index contributed by atoms with van der Waals surface area (Å²) in [6.07, 6.45) is 3.82. The van der Waals surface area contributed by atoms with Gasteiger partial charge in [-0.05, 0) is 44.3 Å². The van der Waals surface area contributed by atoms with Gasteiger partial charge in [-0.25, -0.2) is 0 Å². The SMILES string of the molecule is CCCC(NC(=O)C(C)N(C)CC(=O)Nc1ccccc1SC)c1ccccc1. The van der Waals surface area contributed by atoms with Gasteiger partial charge < -0.3 is 10.6 Å². The van der Waals surface area contributed by atoms with E-state index in [-0.39, 0.29) is 24.4 Å². The summed E-state index contributed by atoms with van der Waals surface area (Å²) in [5.74, 6) is -0.214. The highest BCUT2D eigenvalue weighted by Crippen LogP contribution is 2.24. The van der Waals surface area contributed by atoms with E-state index >= 15 is 0 Å². The largest absolute Gasteiger partial charge is 0.348 e. The summed E-state index contributed by atoms with van der Waals surface area (Å²) in [5.41, 5.74) is 1.89. The number of thioether (sulfide) groups is 1. The number of benzene rings is 2. The number of amides is 2. The Morgan fingerprint density at radius 3 is 2.38 bits per heavy atom. The molecule has 29 heavy (non-hydrogen) atoms. The Hall–Kier alpha value is -2.31. The summed E-state index contributed by atoms with van der Waals surface area (Å²) in [7, 11) is 1.79. The van der Waals surface area contributed by atoms with Crippen LogP contribution in [0.2, 0.25) is 0 Å². The van der Waals surface area contributed by atoms with Gasteiger partial charge in [-0.2, -0.15) is 0 Å². The van der Waals surface area contributed by atoms with Gasteiger partial charge in [0.2, 0.25) is 11.8 Å². The highest BCUT2D eigenvalue weighted by molar-refractivity contribution is 7.98. The van der Waals surface area contributed by atoms with Crippen molar-refractivity contribution in [3.63, 3.8) is 0 Å². The molecule has 6 heteroatoms. The fraction of sp³-hybridized carbons (Fsp3) is 0.391. The number of nitrogens with zero attached hydrogens (tertiary/aromatic N) is 1. The van der Waals surface area contributed by atoms with Crippen molar-refractivity contribution >= 4 is 29.3 Å². The number of carbonyl (C=O) groups excluding carboxylic acids is 2. The molecular formula is C23H31N3O2S. The molecule has 0 aromatic heterocycles. The van der Waals surface area contributed by atoms with Gasteiger partial charge in [0.05, 0.1) is 24.3 Å². The van der Waals surface area contributed by atoms with Crippen LogP contribution in [-0.2, 0) is 9.59 Å². The van der Waals surface area contributed by atoms with Crippen LogP contribution in [0, 0.1) is 0 Å². The minimum atomic E-state index is -0.417. The van der Waals surface area contributed by atoms with Crippen molar-refractivity contribution in [2.75, 3.05) is 25.2 Å². The first-order chi connectivity index (χ1) is 14.0. The molecule has 0 radical (unpaired) electrons. The van der Waals surface area contributed by atoms with E-state index in [9.17, 15) is 9.59 Å². The quantitative estimate of drug-likeness (QED) is 0.569. The molecule has 156 valence electrons. The van der Waals surface area contributed by atoms with Crippen LogP contribution in [0.5, 0.6) is 0 Å². The normalized spacial score (nSPS) is 13.0. The lowest BCUT2D eigenvalue weighted by molar-refractivity contribution is -0.127. The van der Waals surface area contributed by atoms with Gasteiger partial charge in [0.1, 0.15) is 0 Å². The van der Waals surface area contributed by atoms with Gasteiger partial charge in [-0.15, -0.1) is 11.8 Å². The van der Waals surface area contributed by atoms with E-state index in [0.717, 1.165) is 29.0 Å². The van der Waals surface area contributed by atoms with Gasteiger partial charge in [0, 0.05) is 4.90 Å². The molecule has 2 amide bonds. The monoisotopic (exact) mass is 413 g/mol. The van der Waals surface area contributed by atoms with Crippen LogP contribution in [0.3, 0.4) is 0 Å². The zero-order valence-corrected chi connectivity index (χ0v) is 18.5. The van der Waals surface area contributed by atoms with Crippen LogP contribution in [0.15, 0.2) is 59.5 Å². The van der Waals surface area contributed by atoms with E-state index in [4.69, 9.17) is 0 Å². The summed E-state index contributed by atoms with van der Waals surface area (Å²) in [6.45, 7) is 4.07. The van der Waals surface area contributed by atoms with Crippen molar-refractivity contribution in [3.8, 4) is 0 Å². The van der Waals surface area contributed by atoms with E-state index in [0.29, 0.717) is 0 Å². The highest BCUT2D eigenvalue weighted by Gasteiger charge is 2.23. The summed E-state index contributed by atoms with van der Waals surface area (Å²) in [4.78, 5) is 28.0. The number of hydrogen-bond donors (Lipinski definition) is 2. The molecule has 2 unspecified atom stereocenters. The average Bonchev–Trinajstić information content (AvgIpc) is 2.73. The molecule has 0 saturated carbocycles. The van der Waals surface area contributed by atoms with Crippen LogP contribution >= 0.6 is 11.8 Å². The number of likely N-dealkylation sites (N-methyl/N-ethyl adjacent to an activating group) is 1. The Balaban J connectivity index is 1.94. The van der Waals surface area contributed by atoms with Crippen molar-refractivity contribution in [2.24, 2.45) is 0 Å². The van der Waals surface area contributed by atoms with Crippen molar-refractivity contribution in [3.05, 3.63) is 60.2 Å². The first-order valence-corrected chi connectivity index (χ1v) is 11.2. The number of carbonyl (C=O) groups is 2. The third-order valence-corrected chi connectivity index (χ3v) is 5.71. The number of nitrogens with one attached hydrogen (secondary N) is 2. The van der Waals surface area contributed by atoms with Crippen LogP contribution in [-0.4, -0.2) is 42.6 Å². The minimum absolute atomic E-state index is 0.0215. The van der Waals surface area contributed by atoms with Crippen molar-refractivity contribution in [1.82, 2.24) is 10.2 Å². The summed E-state index contributed by atoms with van der Waals surface area (Å²) < 4.78 is 0. The van der Waals surface area contributed by atoms with Crippen LogP contribution in [0.1, 0.15) is 38.3 Å². The Kier molecular flexibility index (Phi) is 9.22. The molecule has 0 aliphatic heterocycles. The van der Waals surface area contributed by atoms with Gasteiger partial charge in [0.25, 0.3) is 0 Å².